The number of hydrogen-bond acceptors (Lipinski definition) is 5. The molecule has 1 aliphatic rings. The molecular formula is C16H20N4O. The van der Waals surface area contributed by atoms with Crippen molar-refractivity contribution in [2.45, 2.75) is 33.5 Å². The van der Waals surface area contributed by atoms with Gasteiger partial charge in [0, 0.05) is 31.4 Å². The summed E-state index contributed by atoms with van der Waals surface area (Å²) in [6.45, 7) is 7.13. The second-order valence-electron chi connectivity index (χ2n) is 5.16. The van der Waals surface area contributed by atoms with Crippen molar-refractivity contribution >= 4 is 5.95 Å². The lowest BCUT2D eigenvalue weighted by molar-refractivity contribution is 0.326. The van der Waals surface area contributed by atoms with Crippen LogP contribution in [0.25, 0.3) is 0 Å². The first-order valence-electron chi connectivity index (χ1n) is 7.28. The average molecular weight is 284 g/mol. The van der Waals surface area contributed by atoms with Gasteiger partial charge in [-0.25, -0.2) is 4.98 Å². The number of nitrogens with zero attached hydrogens (tertiary/aromatic N) is 2. The highest BCUT2D eigenvalue weighted by Gasteiger charge is 2.10. The van der Waals surface area contributed by atoms with Gasteiger partial charge < -0.3 is 15.4 Å². The van der Waals surface area contributed by atoms with Gasteiger partial charge in [-0.3, -0.25) is 0 Å². The van der Waals surface area contributed by atoms with E-state index in [1.807, 2.05) is 19.9 Å². The predicted molar refractivity (Wildman–Crippen MR) is 82.3 cm³/mol. The summed E-state index contributed by atoms with van der Waals surface area (Å²) < 4.78 is 5.44. The maximum Gasteiger partial charge on any atom is 0.226 e. The van der Waals surface area contributed by atoms with Crippen LogP contribution in [0.4, 0.5) is 5.95 Å². The summed E-state index contributed by atoms with van der Waals surface area (Å²) in [5.74, 6) is 1.22. The Labute approximate surface area is 124 Å². The maximum absolute atomic E-state index is 5.44. The van der Waals surface area contributed by atoms with Crippen LogP contribution in [0.3, 0.4) is 0 Å². The zero-order valence-electron chi connectivity index (χ0n) is 12.4. The Morgan fingerprint density at radius 1 is 1.19 bits per heavy atom. The Bertz CT molecular complexity index is 642. The Morgan fingerprint density at radius 2 is 2.05 bits per heavy atom. The molecule has 1 aromatic carbocycles. The fourth-order valence-corrected chi connectivity index (χ4v) is 2.48. The number of fused-ring (bicyclic) bond motifs is 1. The van der Waals surface area contributed by atoms with Crippen LogP contribution in [-0.2, 0) is 19.6 Å². The molecule has 0 amide bonds. The quantitative estimate of drug-likeness (QED) is 0.883. The molecule has 0 radical (unpaired) electrons. The molecule has 5 nitrogen and oxygen atoms in total. The normalized spacial score (nSPS) is 13.0. The van der Waals surface area contributed by atoms with Crippen molar-refractivity contribution in [3.8, 4) is 5.88 Å². The summed E-state index contributed by atoms with van der Waals surface area (Å²) in [6, 6.07) is 8.42. The standard InChI is InChI=1S/C16H20N4O/c1-3-21-15-6-11(2)19-16(20-15)18-8-12-4-5-13-9-17-10-14(13)7-12/h4-7,17H,3,8-10H2,1-2H3,(H,18,19,20). The van der Waals surface area contributed by atoms with Crippen LogP contribution in [0.1, 0.15) is 29.3 Å². The first-order valence-corrected chi connectivity index (χ1v) is 7.28. The van der Waals surface area contributed by atoms with Crippen LogP contribution in [0, 0.1) is 6.92 Å². The van der Waals surface area contributed by atoms with Gasteiger partial charge in [0.2, 0.25) is 11.8 Å². The van der Waals surface area contributed by atoms with E-state index in [1.54, 1.807) is 0 Å². The SMILES string of the molecule is CCOc1cc(C)nc(NCc2ccc3c(c2)CNC3)n1. The number of aryl methyl sites for hydroxylation is 1. The lowest BCUT2D eigenvalue weighted by Crippen LogP contribution is -2.06. The summed E-state index contributed by atoms with van der Waals surface area (Å²) >= 11 is 0. The van der Waals surface area contributed by atoms with Crippen molar-refractivity contribution in [3.63, 3.8) is 0 Å². The zero-order chi connectivity index (χ0) is 14.7. The van der Waals surface area contributed by atoms with Crippen molar-refractivity contribution < 1.29 is 4.74 Å². The van der Waals surface area contributed by atoms with Crippen molar-refractivity contribution in [3.05, 3.63) is 46.6 Å². The van der Waals surface area contributed by atoms with E-state index in [0.29, 0.717) is 25.0 Å². The molecule has 110 valence electrons. The third kappa shape index (κ3) is 3.31. The van der Waals surface area contributed by atoms with Gasteiger partial charge in [-0.15, -0.1) is 0 Å². The highest BCUT2D eigenvalue weighted by Crippen LogP contribution is 2.18. The van der Waals surface area contributed by atoms with Crippen molar-refractivity contribution in [2.24, 2.45) is 0 Å². The minimum atomic E-state index is 0.605. The molecule has 3 rings (SSSR count). The monoisotopic (exact) mass is 284 g/mol. The molecule has 1 aliphatic heterocycles. The molecule has 2 N–H and O–H groups in total. The molecule has 0 bridgehead atoms. The first kappa shape index (κ1) is 13.8. The van der Waals surface area contributed by atoms with E-state index < -0.39 is 0 Å². The van der Waals surface area contributed by atoms with E-state index in [4.69, 9.17) is 4.74 Å². The smallest absolute Gasteiger partial charge is 0.226 e. The van der Waals surface area contributed by atoms with Crippen LogP contribution in [0.15, 0.2) is 24.3 Å². The van der Waals surface area contributed by atoms with Gasteiger partial charge in [0.05, 0.1) is 6.61 Å². The predicted octanol–water partition coefficient (Wildman–Crippen LogP) is 2.40. The molecule has 0 saturated carbocycles. The number of hydrogen-bond donors (Lipinski definition) is 2. The van der Waals surface area contributed by atoms with Gasteiger partial charge in [0.15, 0.2) is 0 Å². The minimum absolute atomic E-state index is 0.605. The van der Waals surface area contributed by atoms with Crippen molar-refractivity contribution in [1.82, 2.24) is 15.3 Å². The van der Waals surface area contributed by atoms with Gasteiger partial charge in [-0.1, -0.05) is 18.2 Å². The molecule has 2 heterocycles. The molecule has 0 fully saturated rings. The molecule has 0 aliphatic carbocycles. The molecule has 2 aromatic rings. The number of aromatic nitrogens is 2. The van der Waals surface area contributed by atoms with Crippen LogP contribution in [0.2, 0.25) is 0 Å². The van der Waals surface area contributed by atoms with Crippen LogP contribution in [0.5, 0.6) is 5.88 Å². The van der Waals surface area contributed by atoms with E-state index in [-0.39, 0.29) is 0 Å². The Hall–Kier alpha value is -2.14. The van der Waals surface area contributed by atoms with Gasteiger partial charge >= 0.3 is 0 Å². The Morgan fingerprint density at radius 3 is 2.90 bits per heavy atom. The zero-order valence-corrected chi connectivity index (χ0v) is 12.4. The fourth-order valence-electron chi connectivity index (χ4n) is 2.48. The molecule has 0 atom stereocenters. The summed E-state index contributed by atoms with van der Waals surface area (Å²) in [7, 11) is 0. The second-order valence-corrected chi connectivity index (χ2v) is 5.16. The van der Waals surface area contributed by atoms with Gasteiger partial charge in [0.25, 0.3) is 0 Å². The van der Waals surface area contributed by atoms with Crippen LogP contribution >= 0.6 is 0 Å². The fraction of sp³-hybridized carbons (Fsp3) is 0.375. The highest BCUT2D eigenvalue weighted by atomic mass is 16.5. The van der Waals surface area contributed by atoms with E-state index in [1.165, 1.54) is 16.7 Å². The Balaban J connectivity index is 1.69. The lowest BCUT2D eigenvalue weighted by atomic mass is 10.1. The van der Waals surface area contributed by atoms with Gasteiger partial charge in [-0.2, -0.15) is 4.98 Å². The minimum Gasteiger partial charge on any atom is -0.478 e. The van der Waals surface area contributed by atoms with Gasteiger partial charge in [0.1, 0.15) is 0 Å². The molecule has 21 heavy (non-hydrogen) atoms. The summed E-state index contributed by atoms with van der Waals surface area (Å²) in [6.07, 6.45) is 0. The lowest BCUT2D eigenvalue weighted by Gasteiger charge is -2.09. The van der Waals surface area contributed by atoms with Crippen LogP contribution < -0.4 is 15.4 Å². The topological polar surface area (TPSA) is 59.1 Å². The van der Waals surface area contributed by atoms with Crippen LogP contribution in [-0.4, -0.2) is 16.6 Å². The molecule has 0 spiro atoms. The van der Waals surface area contributed by atoms with Crippen molar-refractivity contribution in [1.29, 1.82) is 0 Å². The summed E-state index contributed by atoms with van der Waals surface area (Å²) in [5, 5.41) is 6.63. The molecule has 0 unspecified atom stereocenters. The summed E-state index contributed by atoms with van der Waals surface area (Å²) in [4.78, 5) is 8.74. The maximum atomic E-state index is 5.44. The van der Waals surface area contributed by atoms with E-state index in [0.717, 1.165) is 18.8 Å². The second kappa shape index (κ2) is 6.10. The molecular weight excluding hydrogens is 264 g/mol. The third-order valence-corrected chi connectivity index (χ3v) is 3.48. The number of nitrogens with one attached hydrogen (secondary N) is 2. The number of benzene rings is 1. The van der Waals surface area contributed by atoms with E-state index in [2.05, 4.69) is 38.8 Å². The highest BCUT2D eigenvalue weighted by molar-refractivity contribution is 5.37. The number of ether oxygens (including phenoxy) is 1. The molecule has 0 saturated heterocycles. The van der Waals surface area contributed by atoms with Crippen molar-refractivity contribution in [2.75, 3.05) is 11.9 Å². The first-order chi connectivity index (χ1) is 10.2. The Kier molecular flexibility index (Phi) is 4.01. The number of anilines is 1. The third-order valence-electron chi connectivity index (χ3n) is 3.48. The van der Waals surface area contributed by atoms with E-state index in [9.17, 15) is 0 Å². The molecule has 1 aromatic heterocycles. The largest absolute Gasteiger partial charge is 0.478 e. The number of rotatable bonds is 5. The molecule has 5 heteroatoms. The van der Waals surface area contributed by atoms with E-state index >= 15 is 0 Å². The average Bonchev–Trinajstić information content (AvgIpc) is 2.92. The van der Waals surface area contributed by atoms with Gasteiger partial charge in [-0.05, 0) is 30.5 Å². The summed E-state index contributed by atoms with van der Waals surface area (Å²) in [5.41, 5.74) is 4.91.